The van der Waals surface area contributed by atoms with Crippen LogP contribution in [0.15, 0.2) is 58.8 Å². The van der Waals surface area contributed by atoms with Crippen molar-refractivity contribution in [2.75, 3.05) is 0 Å². The molecule has 2 aromatic rings. The summed E-state index contributed by atoms with van der Waals surface area (Å²) in [7, 11) is 0. The van der Waals surface area contributed by atoms with Crippen molar-refractivity contribution in [3.63, 3.8) is 0 Å². The molecular formula is C21H21N3O4. The van der Waals surface area contributed by atoms with Gasteiger partial charge in [0.25, 0.3) is 0 Å². The Labute approximate surface area is 163 Å². The predicted octanol–water partition coefficient (Wildman–Crippen LogP) is 4.86. The van der Waals surface area contributed by atoms with E-state index in [1.54, 1.807) is 69.3 Å². The van der Waals surface area contributed by atoms with E-state index in [9.17, 15) is 9.59 Å². The number of rotatable bonds is 5. The molecule has 7 nitrogen and oxygen atoms in total. The topological polar surface area (TPSA) is 101 Å². The van der Waals surface area contributed by atoms with Crippen molar-refractivity contribution in [1.82, 2.24) is 0 Å². The second kappa shape index (κ2) is 8.91. The van der Waals surface area contributed by atoms with E-state index < -0.39 is 23.5 Å². The molecule has 0 bridgehead atoms. The summed E-state index contributed by atoms with van der Waals surface area (Å²) >= 11 is 0. The van der Waals surface area contributed by atoms with Crippen LogP contribution in [0.25, 0.3) is 0 Å². The Morgan fingerprint density at radius 2 is 1.46 bits per heavy atom. The molecule has 144 valence electrons. The standard InChI is InChI=1S/C21H21N3O4/c1-14(27-20(26)21(2,3)4)19(25)28-18-11-9-17(10-12-18)24-23-16-7-5-15(13-22)6-8-16/h5-12,14H,1-4H3/t14-/m0/s1. The molecule has 0 amide bonds. The zero-order valence-corrected chi connectivity index (χ0v) is 16.2. The molecule has 0 fully saturated rings. The van der Waals surface area contributed by atoms with Crippen molar-refractivity contribution in [2.45, 2.75) is 33.8 Å². The van der Waals surface area contributed by atoms with Crippen molar-refractivity contribution >= 4 is 23.3 Å². The van der Waals surface area contributed by atoms with Crippen molar-refractivity contribution in [1.29, 1.82) is 5.26 Å². The maximum absolute atomic E-state index is 12.1. The summed E-state index contributed by atoms with van der Waals surface area (Å²) in [5, 5.41) is 16.9. The van der Waals surface area contributed by atoms with Gasteiger partial charge in [-0.2, -0.15) is 15.5 Å². The molecule has 0 saturated heterocycles. The van der Waals surface area contributed by atoms with Gasteiger partial charge in [0.2, 0.25) is 0 Å². The molecular weight excluding hydrogens is 358 g/mol. The van der Waals surface area contributed by atoms with Gasteiger partial charge in [-0.3, -0.25) is 4.79 Å². The van der Waals surface area contributed by atoms with Gasteiger partial charge in [-0.05, 0) is 76.2 Å². The van der Waals surface area contributed by atoms with E-state index in [1.807, 2.05) is 6.07 Å². The lowest BCUT2D eigenvalue weighted by Gasteiger charge is -2.19. The second-order valence-corrected chi connectivity index (χ2v) is 7.07. The van der Waals surface area contributed by atoms with Crippen LogP contribution in [-0.4, -0.2) is 18.0 Å². The summed E-state index contributed by atoms with van der Waals surface area (Å²) in [6.07, 6.45) is -1.01. The van der Waals surface area contributed by atoms with Crippen LogP contribution in [0.5, 0.6) is 5.75 Å². The van der Waals surface area contributed by atoms with Gasteiger partial charge in [-0.25, -0.2) is 4.79 Å². The van der Waals surface area contributed by atoms with E-state index in [0.717, 1.165) is 0 Å². The van der Waals surface area contributed by atoms with Gasteiger partial charge in [0.05, 0.1) is 28.4 Å². The fraction of sp³-hybridized carbons (Fsp3) is 0.286. The Morgan fingerprint density at radius 3 is 1.93 bits per heavy atom. The number of azo groups is 1. The quantitative estimate of drug-likeness (QED) is 0.419. The summed E-state index contributed by atoms with van der Waals surface area (Å²) in [5.41, 5.74) is 1.03. The number of nitrogens with zero attached hydrogens (tertiary/aromatic N) is 3. The second-order valence-electron chi connectivity index (χ2n) is 7.07. The average Bonchev–Trinajstić information content (AvgIpc) is 2.67. The zero-order valence-electron chi connectivity index (χ0n) is 16.2. The van der Waals surface area contributed by atoms with Gasteiger partial charge in [-0.1, -0.05) is 0 Å². The first-order valence-corrected chi connectivity index (χ1v) is 8.64. The summed E-state index contributed by atoms with van der Waals surface area (Å²) < 4.78 is 10.3. The molecule has 0 heterocycles. The molecule has 0 radical (unpaired) electrons. The number of hydrogen-bond acceptors (Lipinski definition) is 7. The van der Waals surface area contributed by atoms with Crippen LogP contribution in [-0.2, 0) is 14.3 Å². The molecule has 0 aliphatic rings. The first kappa shape index (κ1) is 20.8. The smallest absolute Gasteiger partial charge is 0.352 e. The highest BCUT2D eigenvalue weighted by Crippen LogP contribution is 2.22. The van der Waals surface area contributed by atoms with Gasteiger partial charge in [0.1, 0.15) is 5.75 Å². The van der Waals surface area contributed by atoms with E-state index >= 15 is 0 Å². The number of ether oxygens (including phenoxy) is 2. The molecule has 0 saturated carbocycles. The molecule has 0 aromatic heterocycles. The lowest BCUT2D eigenvalue weighted by atomic mass is 9.97. The Balaban J connectivity index is 1.94. The van der Waals surface area contributed by atoms with Crippen molar-refractivity contribution in [2.24, 2.45) is 15.6 Å². The lowest BCUT2D eigenvalue weighted by Crippen LogP contribution is -2.33. The molecule has 0 aliphatic heterocycles. The molecule has 28 heavy (non-hydrogen) atoms. The molecule has 0 spiro atoms. The number of nitriles is 1. The highest BCUT2D eigenvalue weighted by Gasteiger charge is 2.28. The Bertz CT molecular complexity index is 905. The monoisotopic (exact) mass is 379 g/mol. The van der Waals surface area contributed by atoms with E-state index in [-0.39, 0.29) is 0 Å². The first-order chi connectivity index (χ1) is 13.2. The Kier molecular flexibility index (Phi) is 6.61. The van der Waals surface area contributed by atoms with Gasteiger partial charge in [-0.15, -0.1) is 0 Å². The summed E-state index contributed by atoms with van der Waals surface area (Å²) in [4.78, 5) is 23.9. The fourth-order valence-corrected chi connectivity index (χ4v) is 1.88. The molecule has 2 aromatic carbocycles. The van der Waals surface area contributed by atoms with E-state index in [4.69, 9.17) is 14.7 Å². The van der Waals surface area contributed by atoms with E-state index in [2.05, 4.69) is 10.2 Å². The minimum Gasteiger partial charge on any atom is -0.450 e. The van der Waals surface area contributed by atoms with Crippen LogP contribution in [0.3, 0.4) is 0 Å². The van der Waals surface area contributed by atoms with Gasteiger partial charge in [0.15, 0.2) is 6.10 Å². The van der Waals surface area contributed by atoms with Crippen molar-refractivity contribution < 1.29 is 19.1 Å². The van der Waals surface area contributed by atoms with Crippen LogP contribution in [0, 0.1) is 16.7 Å². The zero-order chi connectivity index (χ0) is 20.7. The summed E-state index contributed by atoms with van der Waals surface area (Å²) in [6, 6.07) is 15.2. The summed E-state index contributed by atoms with van der Waals surface area (Å²) in [6.45, 7) is 6.59. The minimum atomic E-state index is -1.01. The molecule has 7 heteroatoms. The van der Waals surface area contributed by atoms with E-state index in [1.165, 1.54) is 6.92 Å². The Morgan fingerprint density at radius 1 is 0.964 bits per heavy atom. The summed E-state index contributed by atoms with van der Waals surface area (Å²) in [5.74, 6) is -0.832. The van der Waals surface area contributed by atoms with Gasteiger partial charge in [0, 0.05) is 0 Å². The van der Waals surface area contributed by atoms with Crippen molar-refractivity contribution in [3.8, 4) is 11.8 Å². The number of esters is 2. The fourth-order valence-electron chi connectivity index (χ4n) is 1.88. The van der Waals surface area contributed by atoms with Crippen LogP contribution < -0.4 is 4.74 Å². The molecule has 0 unspecified atom stereocenters. The highest BCUT2D eigenvalue weighted by molar-refractivity contribution is 5.82. The molecule has 0 N–H and O–H groups in total. The van der Waals surface area contributed by atoms with Crippen LogP contribution in [0.1, 0.15) is 33.3 Å². The van der Waals surface area contributed by atoms with E-state index in [0.29, 0.717) is 22.7 Å². The molecule has 0 aliphatic carbocycles. The maximum Gasteiger partial charge on any atom is 0.352 e. The third kappa shape index (κ3) is 6.02. The molecule has 2 rings (SSSR count). The van der Waals surface area contributed by atoms with Gasteiger partial charge >= 0.3 is 11.9 Å². The number of carbonyl (C=O) groups is 2. The van der Waals surface area contributed by atoms with Crippen LogP contribution in [0.4, 0.5) is 11.4 Å². The Hall–Kier alpha value is -3.53. The number of carbonyl (C=O) groups excluding carboxylic acids is 2. The SMILES string of the molecule is C[C@H](OC(=O)C(C)(C)C)C(=O)Oc1ccc(N=Nc2ccc(C#N)cc2)cc1. The number of benzene rings is 2. The predicted molar refractivity (Wildman–Crippen MR) is 102 cm³/mol. The van der Waals surface area contributed by atoms with Gasteiger partial charge < -0.3 is 9.47 Å². The highest BCUT2D eigenvalue weighted by atomic mass is 16.6. The average molecular weight is 379 g/mol. The van der Waals surface area contributed by atoms with Crippen molar-refractivity contribution in [3.05, 3.63) is 54.1 Å². The molecule has 1 atom stereocenters. The lowest BCUT2D eigenvalue weighted by molar-refractivity contribution is -0.167. The normalized spacial score (nSPS) is 12.2. The van der Waals surface area contributed by atoms with Crippen LogP contribution >= 0.6 is 0 Å². The third-order valence-corrected chi connectivity index (χ3v) is 3.56. The number of hydrogen-bond donors (Lipinski definition) is 0. The minimum absolute atomic E-state index is 0.306. The third-order valence-electron chi connectivity index (χ3n) is 3.56. The first-order valence-electron chi connectivity index (χ1n) is 8.64. The largest absolute Gasteiger partial charge is 0.450 e. The maximum atomic E-state index is 12.1. The van der Waals surface area contributed by atoms with Crippen LogP contribution in [0.2, 0.25) is 0 Å².